The fourth-order valence-electron chi connectivity index (χ4n) is 3.21. The molecule has 1 aliphatic rings. The van der Waals surface area contributed by atoms with Gasteiger partial charge in [-0.1, -0.05) is 27.7 Å². The Hall–Kier alpha value is -2.09. The second-order valence-electron chi connectivity index (χ2n) is 7.73. The molecule has 3 N–H and O–H groups in total. The van der Waals surface area contributed by atoms with E-state index in [4.69, 9.17) is 10.5 Å². The van der Waals surface area contributed by atoms with Crippen molar-refractivity contribution in [3.8, 4) is 0 Å². The van der Waals surface area contributed by atoms with E-state index in [1.807, 2.05) is 27.7 Å². The maximum atomic E-state index is 13.1. The average molecular weight is 366 g/mol. The van der Waals surface area contributed by atoms with Crippen molar-refractivity contribution in [2.24, 2.45) is 17.8 Å². The zero-order valence-electron chi connectivity index (χ0n) is 16.1. The normalized spacial score (nSPS) is 15.6. The number of ether oxygens (including phenoxy) is 1. The first-order chi connectivity index (χ1) is 12.2. The number of carbonyl (C=O) groups excluding carboxylic acids is 1. The number of nitrogens with zero attached hydrogens (tertiary/aromatic N) is 2. The Morgan fingerprint density at radius 1 is 1.23 bits per heavy atom. The van der Waals surface area contributed by atoms with Gasteiger partial charge >= 0.3 is 5.69 Å². The number of aromatic nitrogens is 2. The smallest absolute Gasteiger partial charge is 0.330 e. The van der Waals surface area contributed by atoms with Crippen molar-refractivity contribution in [3.05, 3.63) is 20.8 Å². The van der Waals surface area contributed by atoms with Crippen LogP contribution in [-0.4, -0.2) is 35.2 Å². The van der Waals surface area contributed by atoms with Gasteiger partial charge in [0.05, 0.1) is 0 Å². The van der Waals surface area contributed by atoms with Crippen molar-refractivity contribution in [2.45, 2.75) is 47.1 Å². The lowest BCUT2D eigenvalue weighted by atomic mass is 9.97. The molecule has 0 atom stereocenters. The minimum atomic E-state index is -0.617. The van der Waals surface area contributed by atoms with Gasteiger partial charge in [0.1, 0.15) is 5.82 Å². The third-order valence-corrected chi connectivity index (χ3v) is 4.42. The first-order valence-corrected chi connectivity index (χ1v) is 9.24. The van der Waals surface area contributed by atoms with Crippen LogP contribution in [0.25, 0.3) is 0 Å². The first-order valence-electron chi connectivity index (χ1n) is 9.24. The van der Waals surface area contributed by atoms with E-state index in [1.165, 1.54) is 9.47 Å². The molecule has 0 bridgehead atoms. The lowest BCUT2D eigenvalue weighted by Gasteiger charge is -2.31. The Kier molecular flexibility index (Phi) is 6.63. The molecule has 146 valence electrons. The molecule has 1 aromatic heterocycles. The molecule has 26 heavy (non-hydrogen) atoms. The van der Waals surface area contributed by atoms with Gasteiger partial charge < -0.3 is 15.4 Å². The SMILES string of the molecule is CC(C)CN(C(=O)C1CCOCC1)c1c(N)n(CC(C)C)c(=O)[nH]c1=O. The summed E-state index contributed by atoms with van der Waals surface area (Å²) in [6, 6.07) is 0. The molecule has 0 saturated carbocycles. The van der Waals surface area contributed by atoms with Gasteiger partial charge in [-0.2, -0.15) is 0 Å². The Bertz CT molecular complexity index is 745. The summed E-state index contributed by atoms with van der Waals surface area (Å²) in [5.74, 6) is 0.0239. The minimum Gasteiger partial charge on any atom is -0.383 e. The summed E-state index contributed by atoms with van der Waals surface area (Å²) in [5.41, 5.74) is 5.12. The lowest BCUT2D eigenvalue weighted by Crippen LogP contribution is -2.46. The number of aromatic amines is 1. The predicted molar refractivity (Wildman–Crippen MR) is 101 cm³/mol. The highest BCUT2D eigenvalue weighted by molar-refractivity contribution is 5.97. The number of rotatable bonds is 6. The minimum absolute atomic E-state index is 0.0495. The Labute approximate surface area is 153 Å². The van der Waals surface area contributed by atoms with Gasteiger partial charge in [0.25, 0.3) is 5.56 Å². The highest BCUT2D eigenvalue weighted by Gasteiger charge is 2.31. The van der Waals surface area contributed by atoms with Crippen molar-refractivity contribution < 1.29 is 9.53 Å². The average Bonchev–Trinajstić information content (AvgIpc) is 2.57. The molecule has 0 spiro atoms. The topological polar surface area (TPSA) is 110 Å². The molecule has 0 aliphatic carbocycles. The quantitative estimate of drug-likeness (QED) is 0.786. The molecule has 1 saturated heterocycles. The number of nitrogen functional groups attached to an aromatic ring is 1. The number of nitrogens with one attached hydrogen (secondary N) is 1. The second kappa shape index (κ2) is 8.53. The van der Waals surface area contributed by atoms with Crippen LogP contribution in [0.1, 0.15) is 40.5 Å². The molecule has 0 aromatic carbocycles. The Morgan fingerprint density at radius 3 is 2.38 bits per heavy atom. The monoisotopic (exact) mass is 366 g/mol. The number of carbonyl (C=O) groups is 1. The van der Waals surface area contributed by atoms with Gasteiger partial charge in [0.2, 0.25) is 5.91 Å². The van der Waals surface area contributed by atoms with E-state index in [-0.39, 0.29) is 35.2 Å². The van der Waals surface area contributed by atoms with Crippen molar-refractivity contribution in [2.75, 3.05) is 30.4 Å². The fourth-order valence-corrected chi connectivity index (χ4v) is 3.21. The zero-order valence-corrected chi connectivity index (χ0v) is 16.1. The fraction of sp³-hybridized carbons (Fsp3) is 0.722. The number of hydrogen-bond donors (Lipinski definition) is 2. The van der Waals surface area contributed by atoms with E-state index >= 15 is 0 Å². The van der Waals surface area contributed by atoms with Gasteiger partial charge in [0, 0.05) is 32.2 Å². The molecular weight excluding hydrogens is 336 g/mol. The molecule has 8 heteroatoms. The number of amides is 1. The predicted octanol–water partition coefficient (Wildman–Crippen LogP) is 1.19. The van der Waals surface area contributed by atoms with Gasteiger partial charge in [0.15, 0.2) is 5.69 Å². The number of nitrogens with two attached hydrogens (primary N) is 1. The molecule has 1 fully saturated rings. The summed E-state index contributed by atoms with van der Waals surface area (Å²) in [5, 5.41) is 0. The van der Waals surface area contributed by atoms with Crippen LogP contribution in [0.4, 0.5) is 11.5 Å². The first kappa shape index (κ1) is 20.2. The van der Waals surface area contributed by atoms with Crippen LogP contribution in [0.2, 0.25) is 0 Å². The summed E-state index contributed by atoms with van der Waals surface area (Å²) in [4.78, 5) is 41.6. The van der Waals surface area contributed by atoms with Gasteiger partial charge in [-0.15, -0.1) is 0 Å². The highest BCUT2D eigenvalue weighted by atomic mass is 16.5. The maximum Gasteiger partial charge on any atom is 0.330 e. The van der Waals surface area contributed by atoms with Gasteiger partial charge in [-0.3, -0.25) is 19.1 Å². The molecule has 1 aliphatic heterocycles. The molecule has 0 unspecified atom stereocenters. The molecule has 2 heterocycles. The van der Waals surface area contributed by atoms with Crippen LogP contribution in [0.15, 0.2) is 9.59 Å². The summed E-state index contributed by atoms with van der Waals surface area (Å²) in [6.45, 7) is 9.65. The van der Waals surface area contributed by atoms with E-state index in [2.05, 4.69) is 4.98 Å². The van der Waals surface area contributed by atoms with E-state index in [0.717, 1.165) is 0 Å². The number of hydrogen-bond acceptors (Lipinski definition) is 5. The Balaban J connectivity index is 2.51. The largest absolute Gasteiger partial charge is 0.383 e. The van der Waals surface area contributed by atoms with Crippen LogP contribution >= 0.6 is 0 Å². The second-order valence-corrected chi connectivity index (χ2v) is 7.73. The van der Waals surface area contributed by atoms with E-state index in [1.54, 1.807) is 0 Å². The van der Waals surface area contributed by atoms with Gasteiger partial charge in [-0.05, 0) is 24.7 Å². The summed E-state index contributed by atoms with van der Waals surface area (Å²) in [6.07, 6.45) is 1.24. The highest BCUT2D eigenvalue weighted by Crippen LogP contribution is 2.25. The van der Waals surface area contributed by atoms with Crippen molar-refractivity contribution in [1.82, 2.24) is 9.55 Å². The van der Waals surface area contributed by atoms with Crippen molar-refractivity contribution >= 4 is 17.4 Å². The summed E-state index contributed by atoms with van der Waals surface area (Å²) < 4.78 is 6.67. The van der Waals surface area contributed by atoms with E-state index < -0.39 is 11.2 Å². The van der Waals surface area contributed by atoms with Crippen molar-refractivity contribution in [3.63, 3.8) is 0 Å². The number of H-pyrrole nitrogens is 1. The third-order valence-electron chi connectivity index (χ3n) is 4.42. The van der Waals surface area contributed by atoms with Gasteiger partial charge in [-0.25, -0.2) is 4.79 Å². The van der Waals surface area contributed by atoms with Crippen LogP contribution in [0.3, 0.4) is 0 Å². The lowest BCUT2D eigenvalue weighted by molar-refractivity contribution is -0.125. The molecule has 0 radical (unpaired) electrons. The molecule has 1 aromatic rings. The third kappa shape index (κ3) is 4.55. The molecular formula is C18H30N4O4. The van der Waals surface area contributed by atoms with E-state index in [0.29, 0.717) is 39.1 Å². The van der Waals surface area contributed by atoms with Crippen molar-refractivity contribution in [1.29, 1.82) is 0 Å². The zero-order chi connectivity index (χ0) is 19.4. The molecule has 8 nitrogen and oxygen atoms in total. The number of anilines is 2. The van der Waals surface area contributed by atoms with E-state index in [9.17, 15) is 14.4 Å². The Morgan fingerprint density at radius 2 is 1.85 bits per heavy atom. The van der Waals surface area contributed by atoms with Crippen LogP contribution in [0.5, 0.6) is 0 Å². The standard InChI is InChI=1S/C18H30N4O4/c1-11(2)9-21(17(24)13-5-7-26-8-6-13)14-15(19)22(10-12(3)4)18(25)20-16(14)23/h11-13H,5-10,19H2,1-4H3,(H,20,23,25). The summed E-state index contributed by atoms with van der Waals surface area (Å²) in [7, 11) is 0. The maximum absolute atomic E-state index is 13.1. The molecule has 1 amide bonds. The van der Waals surface area contributed by atoms with Crippen LogP contribution in [-0.2, 0) is 16.1 Å². The van der Waals surface area contributed by atoms with Crippen LogP contribution < -0.4 is 21.9 Å². The summed E-state index contributed by atoms with van der Waals surface area (Å²) >= 11 is 0. The van der Waals surface area contributed by atoms with Crippen LogP contribution in [0, 0.1) is 17.8 Å². The molecule has 2 rings (SSSR count).